The van der Waals surface area contributed by atoms with Crippen LogP contribution in [0.3, 0.4) is 0 Å². The van der Waals surface area contributed by atoms with Gasteiger partial charge in [-0.2, -0.15) is 0 Å². The maximum absolute atomic E-state index is 13.3. The minimum absolute atomic E-state index is 0.0263. The largest absolute Gasteiger partial charge is 0.322 e. The highest BCUT2D eigenvalue weighted by Crippen LogP contribution is 2.15. The van der Waals surface area contributed by atoms with Gasteiger partial charge in [0.25, 0.3) is 0 Å². The average molecular weight is 254 g/mol. The maximum Gasteiger partial charge on any atom is 0.238 e. The van der Waals surface area contributed by atoms with E-state index in [1.807, 2.05) is 4.90 Å². The van der Waals surface area contributed by atoms with E-state index in [2.05, 4.69) is 5.32 Å². The molecule has 0 bridgehead atoms. The molecule has 1 amide bonds. The van der Waals surface area contributed by atoms with Gasteiger partial charge < -0.3 is 5.32 Å². The first-order valence-corrected chi connectivity index (χ1v) is 6.12. The van der Waals surface area contributed by atoms with E-state index in [-0.39, 0.29) is 18.1 Å². The number of rotatable bonds is 3. The Bertz CT molecular complexity index is 431. The number of amides is 1. The summed E-state index contributed by atoms with van der Waals surface area (Å²) in [5.41, 5.74) is 0.0263. The van der Waals surface area contributed by atoms with Gasteiger partial charge in [-0.05, 0) is 38.1 Å². The summed E-state index contributed by atoms with van der Waals surface area (Å²) in [4.78, 5) is 13.7. The zero-order valence-electron chi connectivity index (χ0n) is 10.1. The third-order valence-electron chi connectivity index (χ3n) is 3.02. The van der Waals surface area contributed by atoms with E-state index in [0.29, 0.717) is 0 Å². The Kier molecular flexibility index (Phi) is 4.25. The molecule has 1 aromatic carbocycles. The second-order valence-corrected chi connectivity index (χ2v) is 4.51. The minimum atomic E-state index is -0.748. The molecule has 1 fully saturated rings. The molecular weight excluding hydrogens is 238 g/mol. The average Bonchev–Trinajstić information content (AvgIpc) is 2.34. The summed E-state index contributed by atoms with van der Waals surface area (Å²) in [6.45, 7) is 2.06. The summed E-state index contributed by atoms with van der Waals surface area (Å²) >= 11 is 0. The van der Waals surface area contributed by atoms with Crippen molar-refractivity contribution >= 4 is 11.6 Å². The zero-order valence-corrected chi connectivity index (χ0v) is 10.1. The lowest BCUT2D eigenvalue weighted by Crippen LogP contribution is -2.36. The van der Waals surface area contributed by atoms with Crippen LogP contribution in [0.2, 0.25) is 0 Å². The first-order chi connectivity index (χ1) is 8.65. The van der Waals surface area contributed by atoms with E-state index >= 15 is 0 Å². The third kappa shape index (κ3) is 3.50. The molecule has 5 heteroatoms. The van der Waals surface area contributed by atoms with Crippen molar-refractivity contribution in [3.05, 3.63) is 29.8 Å². The van der Waals surface area contributed by atoms with Crippen LogP contribution < -0.4 is 5.32 Å². The zero-order chi connectivity index (χ0) is 13.0. The number of anilines is 1. The van der Waals surface area contributed by atoms with Crippen LogP contribution in [0, 0.1) is 11.6 Å². The molecule has 0 atom stereocenters. The maximum atomic E-state index is 13.3. The lowest BCUT2D eigenvalue weighted by molar-refractivity contribution is -0.117. The Labute approximate surface area is 105 Å². The molecule has 18 heavy (non-hydrogen) atoms. The van der Waals surface area contributed by atoms with Crippen LogP contribution >= 0.6 is 0 Å². The van der Waals surface area contributed by atoms with Crippen molar-refractivity contribution in [3.63, 3.8) is 0 Å². The fraction of sp³-hybridized carbons (Fsp3) is 0.462. The van der Waals surface area contributed by atoms with Crippen molar-refractivity contribution in [1.29, 1.82) is 0 Å². The van der Waals surface area contributed by atoms with Gasteiger partial charge in [0.2, 0.25) is 5.91 Å². The number of carbonyl (C=O) groups excluding carboxylic acids is 1. The Morgan fingerprint density at radius 3 is 2.61 bits per heavy atom. The summed E-state index contributed by atoms with van der Waals surface area (Å²) in [6.07, 6.45) is 3.39. The van der Waals surface area contributed by atoms with Crippen LogP contribution in [-0.4, -0.2) is 30.4 Å². The molecule has 0 unspecified atom stereocenters. The topological polar surface area (TPSA) is 32.3 Å². The van der Waals surface area contributed by atoms with E-state index in [1.165, 1.54) is 12.5 Å². The van der Waals surface area contributed by atoms with Gasteiger partial charge in [0.1, 0.15) is 11.6 Å². The predicted molar refractivity (Wildman–Crippen MR) is 65.3 cm³/mol. The lowest BCUT2D eigenvalue weighted by Gasteiger charge is -2.25. The Morgan fingerprint density at radius 2 is 1.94 bits per heavy atom. The Balaban J connectivity index is 1.90. The number of nitrogens with zero attached hydrogens (tertiary/aromatic N) is 1. The van der Waals surface area contributed by atoms with Crippen molar-refractivity contribution in [3.8, 4) is 0 Å². The second kappa shape index (κ2) is 5.91. The van der Waals surface area contributed by atoms with Crippen molar-refractivity contribution in [1.82, 2.24) is 4.90 Å². The standard InChI is InChI=1S/C13H16F2N2O/c14-10-4-5-12(11(15)8-10)16-13(18)9-17-6-2-1-3-7-17/h4-5,8H,1-3,6-7,9H2,(H,16,18). The van der Waals surface area contributed by atoms with E-state index in [0.717, 1.165) is 38.1 Å². The quantitative estimate of drug-likeness (QED) is 0.898. The molecule has 1 aliphatic rings. The number of piperidine rings is 1. The van der Waals surface area contributed by atoms with Crippen LogP contribution in [0.25, 0.3) is 0 Å². The smallest absolute Gasteiger partial charge is 0.238 e. The molecule has 2 rings (SSSR count). The molecule has 0 aromatic heterocycles. The summed E-state index contributed by atoms with van der Waals surface area (Å²) in [5, 5.41) is 2.46. The van der Waals surface area contributed by atoms with Gasteiger partial charge in [-0.3, -0.25) is 9.69 Å². The molecule has 0 saturated carbocycles. The number of likely N-dealkylation sites (tertiary alicyclic amines) is 1. The van der Waals surface area contributed by atoms with Crippen molar-refractivity contribution in [2.75, 3.05) is 25.0 Å². The van der Waals surface area contributed by atoms with Gasteiger partial charge >= 0.3 is 0 Å². The van der Waals surface area contributed by atoms with E-state index < -0.39 is 11.6 Å². The number of carbonyl (C=O) groups is 1. The first-order valence-electron chi connectivity index (χ1n) is 6.12. The van der Waals surface area contributed by atoms with E-state index in [1.54, 1.807) is 0 Å². The van der Waals surface area contributed by atoms with E-state index in [4.69, 9.17) is 0 Å². The molecule has 0 spiro atoms. The fourth-order valence-electron chi connectivity index (χ4n) is 2.10. The normalized spacial score (nSPS) is 16.6. The van der Waals surface area contributed by atoms with Gasteiger partial charge in [-0.25, -0.2) is 8.78 Å². The molecule has 1 heterocycles. The molecule has 1 aromatic rings. The SMILES string of the molecule is O=C(CN1CCCCC1)Nc1ccc(F)cc1F. The highest BCUT2D eigenvalue weighted by atomic mass is 19.1. The van der Waals surface area contributed by atoms with Crippen LogP contribution in [0.4, 0.5) is 14.5 Å². The van der Waals surface area contributed by atoms with Gasteiger partial charge in [0.05, 0.1) is 12.2 Å². The molecule has 0 radical (unpaired) electrons. The minimum Gasteiger partial charge on any atom is -0.322 e. The number of benzene rings is 1. The number of hydrogen-bond acceptors (Lipinski definition) is 2. The summed E-state index contributed by atoms with van der Waals surface area (Å²) in [5.74, 6) is -1.66. The highest BCUT2D eigenvalue weighted by Gasteiger charge is 2.15. The fourth-order valence-corrected chi connectivity index (χ4v) is 2.10. The number of hydrogen-bond donors (Lipinski definition) is 1. The summed E-state index contributed by atoms with van der Waals surface area (Å²) < 4.78 is 26.0. The van der Waals surface area contributed by atoms with Crippen molar-refractivity contribution in [2.24, 2.45) is 0 Å². The predicted octanol–water partition coefficient (Wildman–Crippen LogP) is 2.39. The molecule has 98 valence electrons. The molecule has 3 nitrogen and oxygen atoms in total. The molecule has 1 aliphatic heterocycles. The van der Waals surface area contributed by atoms with Crippen LogP contribution in [0.1, 0.15) is 19.3 Å². The van der Waals surface area contributed by atoms with Crippen LogP contribution in [-0.2, 0) is 4.79 Å². The summed E-state index contributed by atoms with van der Waals surface area (Å²) in [7, 11) is 0. The van der Waals surface area contributed by atoms with Crippen molar-refractivity contribution in [2.45, 2.75) is 19.3 Å². The van der Waals surface area contributed by atoms with Crippen LogP contribution in [0.15, 0.2) is 18.2 Å². The monoisotopic (exact) mass is 254 g/mol. The number of nitrogens with one attached hydrogen (secondary N) is 1. The second-order valence-electron chi connectivity index (χ2n) is 4.51. The molecule has 0 aliphatic carbocycles. The van der Waals surface area contributed by atoms with Gasteiger partial charge in [0.15, 0.2) is 0 Å². The molecule has 1 N–H and O–H groups in total. The van der Waals surface area contributed by atoms with Crippen LogP contribution in [0.5, 0.6) is 0 Å². The van der Waals surface area contributed by atoms with Crippen molar-refractivity contribution < 1.29 is 13.6 Å². The van der Waals surface area contributed by atoms with E-state index in [9.17, 15) is 13.6 Å². The van der Waals surface area contributed by atoms with Gasteiger partial charge in [-0.15, -0.1) is 0 Å². The summed E-state index contributed by atoms with van der Waals surface area (Å²) in [6, 6.07) is 3.12. The highest BCUT2D eigenvalue weighted by molar-refractivity contribution is 5.92. The Hall–Kier alpha value is -1.49. The Morgan fingerprint density at radius 1 is 1.22 bits per heavy atom. The van der Waals surface area contributed by atoms with Gasteiger partial charge in [-0.1, -0.05) is 6.42 Å². The first kappa shape index (κ1) is 13.0. The van der Waals surface area contributed by atoms with Gasteiger partial charge in [0, 0.05) is 6.07 Å². The molecule has 1 saturated heterocycles. The molecular formula is C13H16F2N2O. The number of halogens is 2. The lowest BCUT2D eigenvalue weighted by atomic mass is 10.1. The third-order valence-corrected chi connectivity index (χ3v) is 3.02.